The Bertz CT molecular complexity index is 1080. The van der Waals surface area contributed by atoms with Crippen LogP contribution >= 0.6 is 11.6 Å². The van der Waals surface area contributed by atoms with E-state index in [1.807, 2.05) is 38.1 Å². The quantitative estimate of drug-likeness (QED) is 0.712. The van der Waals surface area contributed by atoms with Crippen LogP contribution in [0.3, 0.4) is 0 Å². The molecule has 5 rings (SSSR count). The van der Waals surface area contributed by atoms with Crippen LogP contribution in [-0.2, 0) is 10.2 Å². The van der Waals surface area contributed by atoms with E-state index in [9.17, 15) is 4.79 Å². The molecule has 0 aliphatic carbocycles. The maximum Gasteiger partial charge on any atom is 0.235 e. The fraction of sp³-hybridized carbons (Fsp3) is 0.350. The standard InChI is InChI=1S/C20H20ClN5O/c1-20(2)16-14(6-8-23-18(16)24-19(20)27)17-13-4-3-11(21)9-15(13)26(25-17)12-5-7-22-10-12/h3-4,6,8-9,12,22H,5,7,10H2,1-2H3,(H,23,24,27)/t12-/m0/s1. The minimum absolute atomic E-state index is 0.0378. The first-order valence-corrected chi connectivity index (χ1v) is 9.54. The molecule has 1 aromatic carbocycles. The number of rotatable bonds is 2. The van der Waals surface area contributed by atoms with Crippen molar-refractivity contribution in [1.82, 2.24) is 20.1 Å². The predicted molar refractivity (Wildman–Crippen MR) is 106 cm³/mol. The number of halogens is 1. The maximum absolute atomic E-state index is 12.5. The maximum atomic E-state index is 12.5. The molecule has 2 N–H and O–H groups in total. The second-order valence-corrected chi connectivity index (χ2v) is 8.20. The Kier molecular flexibility index (Phi) is 3.58. The van der Waals surface area contributed by atoms with Gasteiger partial charge in [0.25, 0.3) is 0 Å². The summed E-state index contributed by atoms with van der Waals surface area (Å²) in [5.74, 6) is 0.589. The van der Waals surface area contributed by atoms with Crippen molar-refractivity contribution in [3.05, 3.63) is 41.0 Å². The molecule has 0 spiro atoms. The van der Waals surface area contributed by atoms with Crippen LogP contribution in [0.1, 0.15) is 31.9 Å². The van der Waals surface area contributed by atoms with Crippen LogP contribution in [0.5, 0.6) is 0 Å². The molecular weight excluding hydrogens is 362 g/mol. The van der Waals surface area contributed by atoms with Gasteiger partial charge in [0, 0.05) is 34.3 Å². The van der Waals surface area contributed by atoms with Crippen molar-refractivity contribution in [3.8, 4) is 11.3 Å². The van der Waals surface area contributed by atoms with Crippen molar-refractivity contribution >= 4 is 34.2 Å². The van der Waals surface area contributed by atoms with E-state index in [0.29, 0.717) is 16.9 Å². The molecule has 6 nitrogen and oxygen atoms in total. The summed E-state index contributed by atoms with van der Waals surface area (Å²) in [6.07, 6.45) is 2.76. The third-order valence-electron chi connectivity index (χ3n) is 5.68. The van der Waals surface area contributed by atoms with Crippen molar-refractivity contribution in [3.63, 3.8) is 0 Å². The summed E-state index contributed by atoms with van der Waals surface area (Å²) in [6, 6.07) is 8.13. The molecule has 0 unspecified atom stereocenters. The lowest BCUT2D eigenvalue weighted by atomic mass is 9.83. The number of amides is 1. The lowest BCUT2D eigenvalue weighted by molar-refractivity contribution is -0.119. The van der Waals surface area contributed by atoms with E-state index >= 15 is 0 Å². The normalized spacial score (nSPS) is 20.9. The van der Waals surface area contributed by atoms with E-state index in [0.717, 1.165) is 47.2 Å². The average molecular weight is 382 g/mol. The number of benzene rings is 1. The van der Waals surface area contributed by atoms with Gasteiger partial charge in [0.15, 0.2) is 0 Å². The molecule has 0 bridgehead atoms. The lowest BCUT2D eigenvalue weighted by Crippen LogP contribution is -2.27. The summed E-state index contributed by atoms with van der Waals surface area (Å²) in [4.78, 5) is 16.8. The van der Waals surface area contributed by atoms with Gasteiger partial charge < -0.3 is 10.6 Å². The van der Waals surface area contributed by atoms with E-state index in [2.05, 4.69) is 20.3 Å². The summed E-state index contributed by atoms with van der Waals surface area (Å²) >= 11 is 6.29. The van der Waals surface area contributed by atoms with Gasteiger partial charge in [0.05, 0.1) is 17.0 Å². The topological polar surface area (TPSA) is 71.8 Å². The largest absolute Gasteiger partial charge is 0.315 e. The molecule has 7 heteroatoms. The Hall–Kier alpha value is -2.44. The number of nitrogens with one attached hydrogen (secondary N) is 2. The van der Waals surface area contributed by atoms with Crippen LogP contribution in [-0.4, -0.2) is 33.8 Å². The van der Waals surface area contributed by atoms with Crippen LogP contribution < -0.4 is 10.6 Å². The zero-order valence-electron chi connectivity index (χ0n) is 15.2. The second kappa shape index (κ2) is 5.78. The van der Waals surface area contributed by atoms with Gasteiger partial charge in [-0.2, -0.15) is 5.10 Å². The molecule has 1 amide bonds. The van der Waals surface area contributed by atoms with Gasteiger partial charge in [0.2, 0.25) is 5.91 Å². The molecular formula is C20H20ClN5O. The van der Waals surface area contributed by atoms with E-state index in [-0.39, 0.29) is 5.91 Å². The summed E-state index contributed by atoms with van der Waals surface area (Å²) in [5, 5.41) is 13.0. The molecule has 1 atom stereocenters. The molecule has 2 aromatic heterocycles. The number of hydrogen-bond acceptors (Lipinski definition) is 4. The van der Waals surface area contributed by atoms with Crippen LogP contribution in [0.25, 0.3) is 22.2 Å². The first kappa shape index (κ1) is 16.7. The Morgan fingerprint density at radius 1 is 1.30 bits per heavy atom. The Morgan fingerprint density at radius 3 is 2.93 bits per heavy atom. The first-order chi connectivity index (χ1) is 13.0. The average Bonchev–Trinajstić information content (AvgIpc) is 3.32. The monoisotopic (exact) mass is 381 g/mol. The Morgan fingerprint density at radius 2 is 2.15 bits per heavy atom. The van der Waals surface area contributed by atoms with Crippen molar-refractivity contribution in [2.24, 2.45) is 0 Å². The van der Waals surface area contributed by atoms with Crippen molar-refractivity contribution in [2.75, 3.05) is 18.4 Å². The number of anilines is 1. The molecule has 1 saturated heterocycles. The van der Waals surface area contributed by atoms with Crippen LogP contribution in [0.15, 0.2) is 30.5 Å². The third-order valence-corrected chi connectivity index (χ3v) is 5.92. The fourth-order valence-electron chi connectivity index (χ4n) is 4.20. The van der Waals surface area contributed by atoms with E-state index in [1.165, 1.54) is 0 Å². The van der Waals surface area contributed by atoms with Gasteiger partial charge >= 0.3 is 0 Å². The van der Waals surface area contributed by atoms with Gasteiger partial charge in [-0.1, -0.05) is 11.6 Å². The van der Waals surface area contributed by atoms with Gasteiger partial charge in [-0.25, -0.2) is 4.98 Å². The van der Waals surface area contributed by atoms with Crippen LogP contribution in [0.2, 0.25) is 5.02 Å². The second-order valence-electron chi connectivity index (χ2n) is 7.76. The summed E-state index contributed by atoms with van der Waals surface area (Å²) in [6.45, 7) is 5.73. The van der Waals surface area contributed by atoms with Crippen LogP contribution in [0, 0.1) is 0 Å². The smallest absolute Gasteiger partial charge is 0.235 e. The number of fused-ring (bicyclic) bond motifs is 2. The number of carbonyl (C=O) groups excluding carboxylic acids is 1. The summed E-state index contributed by atoms with van der Waals surface area (Å²) in [5.41, 5.74) is 3.08. The number of nitrogens with zero attached hydrogens (tertiary/aromatic N) is 3. The summed E-state index contributed by atoms with van der Waals surface area (Å²) < 4.78 is 2.08. The van der Waals surface area contributed by atoms with Gasteiger partial charge in [0.1, 0.15) is 11.5 Å². The highest BCUT2D eigenvalue weighted by Gasteiger charge is 2.42. The third kappa shape index (κ3) is 2.40. The van der Waals surface area contributed by atoms with Gasteiger partial charge in [-0.15, -0.1) is 0 Å². The highest BCUT2D eigenvalue weighted by atomic mass is 35.5. The minimum Gasteiger partial charge on any atom is -0.315 e. The molecule has 27 heavy (non-hydrogen) atoms. The summed E-state index contributed by atoms with van der Waals surface area (Å²) in [7, 11) is 0. The molecule has 2 aliphatic heterocycles. The molecule has 4 heterocycles. The van der Waals surface area contributed by atoms with Crippen molar-refractivity contribution < 1.29 is 4.79 Å². The fourth-order valence-corrected chi connectivity index (χ4v) is 4.37. The van der Waals surface area contributed by atoms with E-state index in [1.54, 1.807) is 6.20 Å². The molecule has 3 aromatic rings. The van der Waals surface area contributed by atoms with Gasteiger partial charge in [-0.3, -0.25) is 9.48 Å². The highest BCUT2D eigenvalue weighted by molar-refractivity contribution is 6.31. The number of pyridine rings is 1. The number of hydrogen-bond donors (Lipinski definition) is 2. The molecule has 0 radical (unpaired) electrons. The van der Waals surface area contributed by atoms with E-state index < -0.39 is 5.41 Å². The Balaban J connectivity index is 1.79. The first-order valence-electron chi connectivity index (χ1n) is 9.16. The lowest BCUT2D eigenvalue weighted by Gasteiger charge is -2.17. The van der Waals surface area contributed by atoms with Crippen molar-refractivity contribution in [1.29, 1.82) is 0 Å². The highest BCUT2D eigenvalue weighted by Crippen LogP contribution is 2.44. The molecule has 0 saturated carbocycles. The Labute approximate surface area is 161 Å². The molecule has 138 valence electrons. The van der Waals surface area contributed by atoms with Gasteiger partial charge in [-0.05, 0) is 51.1 Å². The van der Waals surface area contributed by atoms with Crippen LogP contribution in [0.4, 0.5) is 5.82 Å². The zero-order chi connectivity index (χ0) is 18.8. The SMILES string of the molecule is CC1(C)C(=O)Nc2nccc(-c3nn([C@H]4CCNC4)c4cc(Cl)ccc34)c21. The number of aromatic nitrogens is 3. The minimum atomic E-state index is -0.656. The zero-order valence-corrected chi connectivity index (χ0v) is 16.0. The molecule has 1 fully saturated rings. The van der Waals surface area contributed by atoms with Crippen molar-refractivity contribution in [2.45, 2.75) is 31.7 Å². The predicted octanol–water partition coefficient (Wildman–Crippen LogP) is 3.52. The molecule has 2 aliphatic rings. The number of carbonyl (C=O) groups is 1. The van der Waals surface area contributed by atoms with E-state index in [4.69, 9.17) is 16.7 Å².